The Morgan fingerprint density at radius 1 is 1.36 bits per heavy atom. The third-order valence-corrected chi connectivity index (χ3v) is 5.76. The van der Waals surface area contributed by atoms with Gasteiger partial charge in [0.1, 0.15) is 5.75 Å². The number of fused-ring (bicyclic) bond motifs is 1. The maximum atomic E-state index is 12.5. The molecule has 0 saturated heterocycles. The number of methoxy groups -OCH3 is 1. The number of hydrogen-bond donors (Lipinski definition) is 1. The fourth-order valence-corrected chi connectivity index (χ4v) is 4.19. The van der Waals surface area contributed by atoms with Crippen molar-refractivity contribution < 1.29 is 9.53 Å². The van der Waals surface area contributed by atoms with E-state index in [0.717, 1.165) is 48.1 Å². The van der Waals surface area contributed by atoms with Crippen LogP contribution in [0.5, 0.6) is 5.75 Å². The molecule has 0 radical (unpaired) electrons. The van der Waals surface area contributed by atoms with Gasteiger partial charge in [-0.15, -0.1) is 0 Å². The summed E-state index contributed by atoms with van der Waals surface area (Å²) in [7, 11) is 1.69. The van der Waals surface area contributed by atoms with Crippen molar-refractivity contribution in [1.29, 1.82) is 0 Å². The van der Waals surface area contributed by atoms with Gasteiger partial charge >= 0.3 is 0 Å². The molecule has 2 aliphatic rings. The number of ether oxygens (including phenoxy) is 1. The third kappa shape index (κ3) is 3.01. The topological polar surface area (TPSA) is 55.6 Å². The molecule has 1 amide bonds. The minimum absolute atomic E-state index is 0.271. The number of halogens is 1. The summed E-state index contributed by atoms with van der Waals surface area (Å²) < 4.78 is 6.58. The highest BCUT2D eigenvalue weighted by atomic mass is 79.9. The molecule has 5 heteroatoms. The lowest BCUT2D eigenvalue weighted by Gasteiger charge is -2.37. The molecule has 1 heterocycles. The van der Waals surface area contributed by atoms with E-state index < -0.39 is 0 Å². The van der Waals surface area contributed by atoms with Crippen molar-refractivity contribution in [1.82, 2.24) is 4.90 Å². The van der Waals surface area contributed by atoms with Crippen LogP contribution in [0.4, 0.5) is 0 Å². The van der Waals surface area contributed by atoms with Crippen LogP contribution in [0.2, 0.25) is 0 Å². The van der Waals surface area contributed by atoms with Gasteiger partial charge in [0.25, 0.3) is 0 Å². The van der Waals surface area contributed by atoms with Gasteiger partial charge in [0.2, 0.25) is 5.91 Å². The number of nitrogens with two attached hydrogens (primary N) is 1. The van der Waals surface area contributed by atoms with Crippen LogP contribution in [0.1, 0.15) is 30.4 Å². The summed E-state index contributed by atoms with van der Waals surface area (Å²) in [6.07, 6.45) is 3.78. The molecule has 1 aromatic carbocycles. The van der Waals surface area contributed by atoms with Gasteiger partial charge in [-0.05, 0) is 55.3 Å². The fourth-order valence-electron chi connectivity index (χ4n) is 3.62. The van der Waals surface area contributed by atoms with Gasteiger partial charge in [0, 0.05) is 29.5 Å². The standard InChI is InChI=1S/C17H23BrN2O2/c1-22-16-3-2-15(18)13-4-5-20(10-14(13)16)17(21)8-11-6-12(7-11)9-19/h2-3,11-12H,4-10,19H2,1H3. The van der Waals surface area contributed by atoms with Gasteiger partial charge in [-0.2, -0.15) is 0 Å². The van der Waals surface area contributed by atoms with Crippen molar-refractivity contribution in [3.05, 3.63) is 27.7 Å². The zero-order valence-corrected chi connectivity index (χ0v) is 14.6. The normalized spacial score (nSPS) is 23.7. The Balaban J connectivity index is 1.66. The van der Waals surface area contributed by atoms with E-state index in [0.29, 0.717) is 24.8 Å². The Hall–Kier alpha value is -1.07. The first-order valence-electron chi connectivity index (χ1n) is 7.94. The molecule has 0 unspecified atom stereocenters. The highest BCUT2D eigenvalue weighted by molar-refractivity contribution is 9.10. The van der Waals surface area contributed by atoms with Crippen LogP contribution in [0.15, 0.2) is 16.6 Å². The number of rotatable bonds is 4. The fraction of sp³-hybridized carbons (Fsp3) is 0.588. The average molecular weight is 367 g/mol. The van der Waals surface area contributed by atoms with E-state index in [4.69, 9.17) is 10.5 Å². The van der Waals surface area contributed by atoms with Crippen molar-refractivity contribution in [2.45, 2.75) is 32.2 Å². The molecule has 22 heavy (non-hydrogen) atoms. The third-order valence-electron chi connectivity index (χ3n) is 5.01. The maximum Gasteiger partial charge on any atom is 0.223 e. The molecule has 2 N–H and O–H groups in total. The summed E-state index contributed by atoms with van der Waals surface area (Å²) in [5.41, 5.74) is 8.07. The summed E-state index contributed by atoms with van der Waals surface area (Å²) in [5.74, 6) is 2.32. The van der Waals surface area contributed by atoms with Gasteiger partial charge in [0.05, 0.1) is 7.11 Å². The number of carbonyl (C=O) groups is 1. The summed E-state index contributed by atoms with van der Waals surface area (Å²) in [4.78, 5) is 14.5. The molecule has 1 aromatic rings. The molecule has 3 rings (SSSR count). The maximum absolute atomic E-state index is 12.5. The van der Waals surface area contributed by atoms with Gasteiger partial charge in [-0.1, -0.05) is 15.9 Å². The molecule has 0 spiro atoms. The van der Waals surface area contributed by atoms with Gasteiger partial charge in [-0.25, -0.2) is 0 Å². The zero-order valence-electron chi connectivity index (χ0n) is 13.0. The van der Waals surface area contributed by atoms with E-state index in [1.807, 2.05) is 17.0 Å². The van der Waals surface area contributed by atoms with E-state index in [1.54, 1.807) is 7.11 Å². The summed E-state index contributed by atoms with van der Waals surface area (Å²) in [5, 5.41) is 0. The first-order valence-corrected chi connectivity index (χ1v) is 8.73. The Labute approximate surface area is 140 Å². The summed E-state index contributed by atoms with van der Waals surface area (Å²) in [6.45, 7) is 2.21. The lowest BCUT2D eigenvalue weighted by Crippen LogP contribution is -2.39. The van der Waals surface area contributed by atoms with E-state index in [-0.39, 0.29) is 5.91 Å². The van der Waals surface area contributed by atoms with E-state index >= 15 is 0 Å². The predicted octanol–water partition coefficient (Wildman–Crippen LogP) is 2.72. The monoisotopic (exact) mass is 366 g/mol. The molecule has 1 fully saturated rings. The van der Waals surface area contributed by atoms with Crippen molar-refractivity contribution in [3.8, 4) is 5.75 Å². The molecule has 1 saturated carbocycles. The van der Waals surface area contributed by atoms with Crippen LogP contribution in [0.3, 0.4) is 0 Å². The Kier molecular flexibility index (Phi) is 4.73. The largest absolute Gasteiger partial charge is 0.496 e. The molecule has 0 bridgehead atoms. The van der Waals surface area contributed by atoms with Gasteiger partial charge in [-0.3, -0.25) is 4.79 Å². The number of amides is 1. The smallest absolute Gasteiger partial charge is 0.223 e. The van der Waals surface area contributed by atoms with Crippen LogP contribution in [-0.2, 0) is 17.8 Å². The number of carbonyl (C=O) groups excluding carboxylic acids is 1. The van der Waals surface area contributed by atoms with E-state index in [1.165, 1.54) is 5.56 Å². The molecule has 0 atom stereocenters. The lowest BCUT2D eigenvalue weighted by atomic mass is 9.73. The van der Waals surface area contributed by atoms with Crippen LogP contribution in [0, 0.1) is 11.8 Å². The van der Waals surface area contributed by atoms with Crippen molar-refractivity contribution in [2.75, 3.05) is 20.2 Å². The second-order valence-corrected chi connectivity index (χ2v) is 7.27. The number of nitrogens with zero attached hydrogens (tertiary/aromatic N) is 1. The highest BCUT2D eigenvalue weighted by Crippen LogP contribution is 2.37. The number of benzene rings is 1. The molecular formula is C17H23BrN2O2. The van der Waals surface area contributed by atoms with Gasteiger partial charge in [0.15, 0.2) is 0 Å². The minimum Gasteiger partial charge on any atom is -0.496 e. The summed E-state index contributed by atoms with van der Waals surface area (Å²) >= 11 is 3.61. The number of hydrogen-bond acceptors (Lipinski definition) is 3. The van der Waals surface area contributed by atoms with E-state index in [2.05, 4.69) is 15.9 Å². The SMILES string of the molecule is COc1ccc(Br)c2c1CN(C(=O)CC1CC(CN)C1)CC2. The first kappa shape index (κ1) is 15.8. The Morgan fingerprint density at radius 3 is 2.82 bits per heavy atom. The molecule has 120 valence electrons. The lowest BCUT2D eigenvalue weighted by molar-refractivity contribution is -0.134. The van der Waals surface area contributed by atoms with Crippen LogP contribution >= 0.6 is 15.9 Å². The average Bonchev–Trinajstić information content (AvgIpc) is 2.50. The Morgan fingerprint density at radius 2 is 2.14 bits per heavy atom. The second kappa shape index (κ2) is 6.59. The van der Waals surface area contributed by atoms with Crippen molar-refractivity contribution in [3.63, 3.8) is 0 Å². The van der Waals surface area contributed by atoms with Crippen LogP contribution in [-0.4, -0.2) is 31.0 Å². The highest BCUT2D eigenvalue weighted by Gasteiger charge is 2.32. The molecule has 1 aliphatic carbocycles. The Bertz CT molecular complexity index is 570. The van der Waals surface area contributed by atoms with Gasteiger partial charge < -0.3 is 15.4 Å². The minimum atomic E-state index is 0.271. The quantitative estimate of drug-likeness (QED) is 0.890. The molecule has 1 aliphatic heterocycles. The zero-order chi connectivity index (χ0) is 15.7. The molecular weight excluding hydrogens is 344 g/mol. The predicted molar refractivity (Wildman–Crippen MR) is 89.7 cm³/mol. The van der Waals surface area contributed by atoms with Crippen LogP contribution in [0.25, 0.3) is 0 Å². The molecule has 0 aromatic heterocycles. The first-order chi connectivity index (χ1) is 10.6. The summed E-state index contributed by atoms with van der Waals surface area (Å²) in [6, 6.07) is 3.99. The van der Waals surface area contributed by atoms with Crippen LogP contribution < -0.4 is 10.5 Å². The van der Waals surface area contributed by atoms with Crippen molar-refractivity contribution in [2.24, 2.45) is 17.6 Å². The molecule has 4 nitrogen and oxygen atoms in total. The van der Waals surface area contributed by atoms with E-state index in [9.17, 15) is 4.79 Å². The second-order valence-electron chi connectivity index (χ2n) is 6.42. The van der Waals surface area contributed by atoms with Crippen molar-refractivity contribution >= 4 is 21.8 Å².